The molecule has 0 radical (unpaired) electrons. The van der Waals surface area contributed by atoms with Gasteiger partial charge >= 0.3 is 0 Å². The van der Waals surface area contributed by atoms with Crippen LogP contribution in [0.5, 0.6) is 0 Å². The molecule has 0 fully saturated rings. The number of halogens is 1. The molecule has 0 aliphatic rings. The highest BCUT2D eigenvalue weighted by molar-refractivity contribution is 7.14. The van der Waals surface area contributed by atoms with Crippen molar-refractivity contribution >= 4 is 39.9 Å². The van der Waals surface area contributed by atoms with E-state index in [-0.39, 0.29) is 18.2 Å². The average Bonchev–Trinajstić information content (AvgIpc) is 3.10. The molecule has 7 heteroatoms. The van der Waals surface area contributed by atoms with E-state index < -0.39 is 6.04 Å². The fourth-order valence-corrected chi connectivity index (χ4v) is 3.79. The number of aryl methyl sites for hydroxylation is 1. The predicted octanol–water partition coefficient (Wildman–Crippen LogP) is 4.98. The molecule has 2 amide bonds. The number of carbonyl (C=O) groups excluding carboxylic acids is 2. The molecule has 1 atom stereocenters. The van der Waals surface area contributed by atoms with Crippen LogP contribution in [0.1, 0.15) is 30.5 Å². The number of thiazole rings is 1. The van der Waals surface area contributed by atoms with Crippen molar-refractivity contribution in [3.63, 3.8) is 0 Å². The Morgan fingerprint density at radius 1 is 1.14 bits per heavy atom. The van der Waals surface area contributed by atoms with Crippen molar-refractivity contribution in [2.75, 3.05) is 5.32 Å². The first-order chi connectivity index (χ1) is 13.4. The van der Waals surface area contributed by atoms with Crippen LogP contribution in [0.3, 0.4) is 0 Å². The third kappa shape index (κ3) is 5.18. The Bertz CT molecular complexity index is 985. The van der Waals surface area contributed by atoms with Gasteiger partial charge in [-0.1, -0.05) is 59.6 Å². The van der Waals surface area contributed by atoms with Gasteiger partial charge < -0.3 is 10.6 Å². The van der Waals surface area contributed by atoms with E-state index in [0.29, 0.717) is 15.7 Å². The minimum absolute atomic E-state index is 0.0583. The summed E-state index contributed by atoms with van der Waals surface area (Å²) in [4.78, 5) is 28.6. The third-order valence-electron chi connectivity index (χ3n) is 4.15. The number of rotatable bonds is 6. The Hall–Kier alpha value is -2.70. The number of aromatic nitrogens is 1. The van der Waals surface area contributed by atoms with Crippen molar-refractivity contribution in [2.45, 2.75) is 26.3 Å². The molecule has 0 aliphatic heterocycles. The number of nitrogens with zero attached hydrogens (tertiary/aromatic N) is 1. The number of amides is 2. The third-order valence-corrected chi connectivity index (χ3v) is 5.25. The Morgan fingerprint density at radius 3 is 2.54 bits per heavy atom. The van der Waals surface area contributed by atoms with E-state index in [0.717, 1.165) is 11.3 Å². The first-order valence-electron chi connectivity index (χ1n) is 8.76. The van der Waals surface area contributed by atoms with Crippen LogP contribution in [-0.4, -0.2) is 16.8 Å². The molecule has 28 heavy (non-hydrogen) atoms. The first kappa shape index (κ1) is 20.0. The summed E-state index contributed by atoms with van der Waals surface area (Å²) in [6.07, 6.45) is 0.0583. The Labute approximate surface area is 172 Å². The molecule has 1 aromatic heterocycles. The molecule has 3 rings (SSSR count). The van der Waals surface area contributed by atoms with Gasteiger partial charge in [-0.2, -0.15) is 0 Å². The summed E-state index contributed by atoms with van der Waals surface area (Å²) in [5.74, 6) is -0.475. The molecule has 2 N–H and O–H groups in total. The van der Waals surface area contributed by atoms with Crippen LogP contribution in [0.2, 0.25) is 5.02 Å². The van der Waals surface area contributed by atoms with Crippen LogP contribution >= 0.6 is 22.9 Å². The molecular formula is C21H20ClN3O2S. The number of nitrogens with one attached hydrogen (secondary N) is 2. The molecular weight excluding hydrogens is 394 g/mol. The summed E-state index contributed by atoms with van der Waals surface area (Å²) in [5.41, 5.74) is 3.68. The fourth-order valence-electron chi connectivity index (χ4n) is 2.79. The van der Waals surface area contributed by atoms with E-state index in [1.54, 1.807) is 18.2 Å². The van der Waals surface area contributed by atoms with Gasteiger partial charge in [0, 0.05) is 22.9 Å². The molecule has 1 heterocycles. The second-order valence-electron chi connectivity index (χ2n) is 6.43. The summed E-state index contributed by atoms with van der Waals surface area (Å²) in [6.45, 7) is 3.44. The maximum Gasteiger partial charge on any atom is 0.228 e. The summed E-state index contributed by atoms with van der Waals surface area (Å²) >= 11 is 7.60. The van der Waals surface area contributed by atoms with Gasteiger partial charge in [0.25, 0.3) is 0 Å². The van der Waals surface area contributed by atoms with Crippen LogP contribution in [0.25, 0.3) is 11.3 Å². The molecule has 0 saturated carbocycles. The normalized spacial score (nSPS) is 11.7. The highest BCUT2D eigenvalue weighted by Gasteiger charge is 2.20. The largest absolute Gasteiger partial charge is 0.349 e. The van der Waals surface area contributed by atoms with Gasteiger partial charge in [-0.15, -0.1) is 11.3 Å². The molecule has 144 valence electrons. The predicted molar refractivity (Wildman–Crippen MR) is 114 cm³/mol. The summed E-state index contributed by atoms with van der Waals surface area (Å²) in [7, 11) is 0. The van der Waals surface area contributed by atoms with E-state index >= 15 is 0 Å². The summed E-state index contributed by atoms with van der Waals surface area (Å²) in [6, 6.07) is 14.7. The molecule has 0 bridgehead atoms. The maximum absolute atomic E-state index is 12.5. The van der Waals surface area contributed by atoms with Gasteiger partial charge in [-0.3, -0.25) is 9.59 Å². The van der Waals surface area contributed by atoms with Gasteiger partial charge in [0.2, 0.25) is 11.8 Å². The quantitative estimate of drug-likeness (QED) is 0.598. The Kier molecular flexibility index (Phi) is 6.44. The fraction of sp³-hybridized carbons (Fsp3) is 0.190. The molecule has 3 aromatic rings. The molecule has 0 unspecified atom stereocenters. The number of anilines is 1. The second kappa shape index (κ2) is 8.99. The molecule has 5 nitrogen and oxygen atoms in total. The summed E-state index contributed by atoms with van der Waals surface area (Å²) < 4.78 is 0. The first-order valence-corrected chi connectivity index (χ1v) is 10.0. The van der Waals surface area contributed by atoms with Crippen molar-refractivity contribution in [1.29, 1.82) is 0 Å². The lowest BCUT2D eigenvalue weighted by Crippen LogP contribution is -2.30. The van der Waals surface area contributed by atoms with E-state index in [9.17, 15) is 9.59 Å². The number of hydrogen-bond donors (Lipinski definition) is 2. The van der Waals surface area contributed by atoms with Crippen LogP contribution < -0.4 is 10.6 Å². The lowest BCUT2D eigenvalue weighted by molar-refractivity contribution is -0.120. The van der Waals surface area contributed by atoms with Crippen molar-refractivity contribution < 1.29 is 9.59 Å². The highest BCUT2D eigenvalue weighted by Crippen LogP contribution is 2.27. The second-order valence-corrected chi connectivity index (χ2v) is 7.70. The molecule has 2 aromatic carbocycles. The van der Waals surface area contributed by atoms with Crippen LogP contribution in [0.4, 0.5) is 5.13 Å². The molecule has 0 spiro atoms. The van der Waals surface area contributed by atoms with E-state index in [1.807, 2.05) is 42.6 Å². The number of carbonyl (C=O) groups is 2. The lowest BCUT2D eigenvalue weighted by atomic mass is 10.0. The maximum atomic E-state index is 12.5. The van der Waals surface area contributed by atoms with Crippen LogP contribution in [-0.2, 0) is 9.59 Å². The van der Waals surface area contributed by atoms with E-state index in [4.69, 9.17) is 11.6 Å². The standard InChI is InChI=1S/C21H20ClN3O2S/c1-13-7-9-15(10-8-13)19-12-28-21(24-19)25-20(27)11-18(23-14(2)26)16-5-3-4-6-17(16)22/h3-10,12,18H,11H2,1-2H3,(H,23,26)(H,24,25,27)/t18-/m0/s1. The van der Waals surface area contributed by atoms with Crippen molar-refractivity contribution in [1.82, 2.24) is 10.3 Å². The highest BCUT2D eigenvalue weighted by atomic mass is 35.5. The van der Waals surface area contributed by atoms with Gasteiger partial charge in [-0.25, -0.2) is 4.98 Å². The Morgan fingerprint density at radius 2 is 1.86 bits per heavy atom. The van der Waals surface area contributed by atoms with Gasteiger partial charge in [0.1, 0.15) is 0 Å². The molecule has 0 aliphatic carbocycles. The van der Waals surface area contributed by atoms with Crippen LogP contribution in [0, 0.1) is 6.92 Å². The zero-order valence-corrected chi connectivity index (χ0v) is 17.1. The monoisotopic (exact) mass is 413 g/mol. The van der Waals surface area contributed by atoms with Crippen LogP contribution in [0.15, 0.2) is 53.9 Å². The summed E-state index contributed by atoms with van der Waals surface area (Å²) in [5, 5.41) is 8.52. The zero-order valence-electron chi connectivity index (χ0n) is 15.5. The average molecular weight is 414 g/mol. The van der Waals surface area contributed by atoms with E-state index in [1.165, 1.54) is 23.8 Å². The van der Waals surface area contributed by atoms with Gasteiger partial charge in [-0.05, 0) is 18.6 Å². The van der Waals surface area contributed by atoms with E-state index in [2.05, 4.69) is 15.6 Å². The van der Waals surface area contributed by atoms with Gasteiger partial charge in [0.05, 0.1) is 18.2 Å². The van der Waals surface area contributed by atoms with Crippen molar-refractivity contribution in [3.8, 4) is 11.3 Å². The zero-order chi connectivity index (χ0) is 20.1. The topological polar surface area (TPSA) is 71.1 Å². The SMILES string of the molecule is CC(=O)N[C@@H](CC(=O)Nc1nc(-c2ccc(C)cc2)cs1)c1ccccc1Cl. The smallest absolute Gasteiger partial charge is 0.228 e. The lowest BCUT2D eigenvalue weighted by Gasteiger charge is -2.18. The van der Waals surface area contributed by atoms with Crippen molar-refractivity contribution in [3.05, 3.63) is 70.1 Å². The minimum Gasteiger partial charge on any atom is -0.349 e. The number of benzene rings is 2. The number of hydrogen-bond acceptors (Lipinski definition) is 4. The Balaban J connectivity index is 1.70. The van der Waals surface area contributed by atoms with Crippen molar-refractivity contribution in [2.24, 2.45) is 0 Å². The molecule has 0 saturated heterocycles. The van der Waals surface area contributed by atoms with Gasteiger partial charge in [0.15, 0.2) is 5.13 Å². The minimum atomic E-state index is -0.511.